The molecule has 0 amide bonds. The van der Waals surface area contributed by atoms with Crippen molar-refractivity contribution in [3.8, 4) is 0 Å². The van der Waals surface area contributed by atoms with Gasteiger partial charge in [0.25, 0.3) is 0 Å². The highest BCUT2D eigenvalue weighted by Crippen LogP contribution is 2.06. The van der Waals surface area contributed by atoms with Crippen LogP contribution in [0.1, 0.15) is 12.7 Å². The van der Waals surface area contributed by atoms with Crippen molar-refractivity contribution in [3.05, 3.63) is 18.4 Å². The van der Waals surface area contributed by atoms with Crippen LogP contribution in [0.5, 0.6) is 0 Å². The molecule has 0 radical (unpaired) electrons. The number of rotatable bonds is 3. The largest absolute Gasteiger partial charge is 0.481 e. The number of hydrogen-bond donors (Lipinski definition) is 1. The summed E-state index contributed by atoms with van der Waals surface area (Å²) < 4.78 is 4.88. The first-order valence-corrected chi connectivity index (χ1v) is 3.30. The van der Waals surface area contributed by atoms with E-state index in [0.29, 0.717) is 12.2 Å². The number of oxazole rings is 1. The van der Waals surface area contributed by atoms with E-state index in [0.717, 1.165) is 0 Å². The maximum Gasteiger partial charge on any atom is 0.306 e. The van der Waals surface area contributed by atoms with E-state index in [-0.39, 0.29) is 0 Å². The zero-order valence-corrected chi connectivity index (χ0v) is 6.15. The minimum Gasteiger partial charge on any atom is -0.481 e. The van der Waals surface area contributed by atoms with Gasteiger partial charge >= 0.3 is 5.97 Å². The molecule has 1 N–H and O–H groups in total. The molecule has 0 saturated carbocycles. The summed E-state index contributed by atoms with van der Waals surface area (Å²) in [7, 11) is 0. The lowest BCUT2D eigenvalue weighted by atomic mass is 10.1. The summed E-state index contributed by atoms with van der Waals surface area (Å²) in [4.78, 5) is 14.0. The van der Waals surface area contributed by atoms with Gasteiger partial charge in [0.1, 0.15) is 5.76 Å². The monoisotopic (exact) mass is 155 g/mol. The van der Waals surface area contributed by atoms with E-state index in [1.165, 1.54) is 12.6 Å². The molecule has 1 atom stereocenters. The fourth-order valence-corrected chi connectivity index (χ4v) is 0.732. The number of hydrogen-bond acceptors (Lipinski definition) is 3. The van der Waals surface area contributed by atoms with Crippen molar-refractivity contribution in [2.24, 2.45) is 5.92 Å². The van der Waals surface area contributed by atoms with E-state index in [1.807, 2.05) is 0 Å². The second kappa shape index (κ2) is 3.18. The van der Waals surface area contributed by atoms with Crippen LogP contribution in [0.25, 0.3) is 0 Å². The summed E-state index contributed by atoms with van der Waals surface area (Å²) in [5.74, 6) is -0.621. The van der Waals surface area contributed by atoms with Crippen LogP contribution in [0, 0.1) is 5.92 Å². The third-order valence-electron chi connectivity index (χ3n) is 1.41. The maximum absolute atomic E-state index is 10.4. The normalized spacial score (nSPS) is 12.8. The predicted octanol–water partition coefficient (Wildman–Crippen LogP) is 0.938. The summed E-state index contributed by atoms with van der Waals surface area (Å²) in [5, 5.41) is 8.52. The van der Waals surface area contributed by atoms with Crippen LogP contribution in [0.2, 0.25) is 0 Å². The summed E-state index contributed by atoms with van der Waals surface area (Å²) in [6.07, 6.45) is 3.22. The van der Waals surface area contributed by atoms with Crippen molar-refractivity contribution in [2.75, 3.05) is 0 Å². The average Bonchev–Trinajstić information content (AvgIpc) is 2.39. The van der Waals surface area contributed by atoms with Gasteiger partial charge in [-0.3, -0.25) is 4.79 Å². The van der Waals surface area contributed by atoms with Crippen molar-refractivity contribution in [1.82, 2.24) is 4.98 Å². The van der Waals surface area contributed by atoms with Gasteiger partial charge in [-0.2, -0.15) is 0 Å². The van der Waals surface area contributed by atoms with E-state index in [9.17, 15) is 4.79 Å². The Morgan fingerprint density at radius 3 is 3.09 bits per heavy atom. The maximum atomic E-state index is 10.4. The van der Waals surface area contributed by atoms with E-state index in [4.69, 9.17) is 9.52 Å². The van der Waals surface area contributed by atoms with Crippen molar-refractivity contribution in [2.45, 2.75) is 13.3 Å². The second-order valence-corrected chi connectivity index (χ2v) is 2.41. The SMILES string of the molecule is C[C@H](Cc1cnco1)C(=O)O. The molecule has 0 bridgehead atoms. The van der Waals surface area contributed by atoms with Gasteiger partial charge in [0.05, 0.1) is 12.1 Å². The average molecular weight is 155 g/mol. The third kappa shape index (κ3) is 2.07. The van der Waals surface area contributed by atoms with Crippen LogP contribution in [0.15, 0.2) is 17.0 Å². The Balaban J connectivity index is 2.50. The van der Waals surface area contributed by atoms with Crippen molar-refractivity contribution < 1.29 is 14.3 Å². The Kier molecular flexibility index (Phi) is 2.25. The van der Waals surface area contributed by atoms with Gasteiger partial charge in [-0.05, 0) is 0 Å². The second-order valence-electron chi connectivity index (χ2n) is 2.41. The van der Waals surface area contributed by atoms with Crippen LogP contribution >= 0.6 is 0 Å². The highest BCUT2D eigenvalue weighted by atomic mass is 16.4. The number of carboxylic acid groups (broad SMARTS) is 1. The lowest BCUT2D eigenvalue weighted by Gasteiger charge is -2.00. The van der Waals surface area contributed by atoms with E-state index in [2.05, 4.69) is 4.98 Å². The number of carbonyl (C=O) groups is 1. The molecule has 0 aliphatic heterocycles. The highest BCUT2D eigenvalue weighted by Gasteiger charge is 2.12. The molecule has 1 heterocycles. The molecule has 11 heavy (non-hydrogen) atoms. The lowest BCUT2D eigenvalue weighted by molar-refractivity contribution is -0.141. The quantitative estimate of drug-likeness (QED) is 0.705. The Morgan fingerprint density at radius 2 is 2.64 bits per heavy atom. The third-order valence-corrected chi connectivity index (χ3v) is 1.41. The molecular weight excluding hydrogens is 146 g/mol. The molecule has 4 heteroatoms. The van der Waals surface area contributed by atoms with Gasteiger partial charge in [0.15, 0.2) is 6.39 Å². The summed E-state index contributed by atoms with van der Waals surface area (Å²) in [5.41, 5.74) is 0. The molecule has 1 rings (SSSR count). The Labute approximate surface area is 63.9 Å². The molecule has 60 valence electrons. The van der Waals surface area contributed by atoms with E-state index in [1.54, 1.807) is 6.92 Å². The van der Waals surface area contributed by atoms with Crippen molar-refractivity contribution >= 4 is 5.97 Å². The first-order valence-electron chi connectivity index (χ1n) is 3.30. The minimum atomic E-state index is -0.818. The molecule has 0 aliphatic rings. The Hall–Kier alpha value is -1.32. The first-order chi connectivity index (χ1) is 5.20. The molecule has 0 spiro atoms. The van der Waals surface area contributed by atoms with Gasteiger partial charge in [0, 0.05) is 6.42 Å². The number of aromatic nitrogens is 1. The molecule has 0 aromatic carbocycles. The summed E-state index contributed by atoms with van der Waals surface area (Å²) in [6.45, 7) is 1.63. The fraction of sp³-hybridized carbons (Fsp3) is 0.429. The summed E-state index contributed by atoms with van der Waals surface area (Å²) >= 11 is 0. The molecular formula is C7H9NO3. The van der Waals surface area contributed by atoms with Crippen LogP contribution in [0.4, 0.5) is 0 Å². The lowest BCUT2D eigenvalue weighted by Crippen LogP contribution is -2.11. The fourth-order valence-electron chi connectivity index (χ4n) is 0.732. The number of aliphatic carboxylic acids is 1. The standard InChI is InChI=1S/C7H9NO3/c1-5(7(9)10)2-6-3-8-4-11-6/h3-5H,2H2,1H3,(H,9,10)/t5-/m1/s1. The zero-order chi connectivity index (χ0) is 8.27. The van der Waals surface area contributed by atoms with Crippen LogP contribution in [-0.4, -0.2) is 16.1 Å². The molecule has 0 saturated heterocycles. The Bertz CT molecular complexity index is 230. The number of nitrogens with zero attached hydrogens (tertiary/aromatic N) is 1. The van der Waals surface area contributed by atoms with Gasteiger partial charge in [0.2, 0.25) is 0 Å². The molecule has 0 fully saturated rings. The summed E-state index contributed by atoms with van der Waals surface area (Å²) in [6, 6.07) is 0. The van der Waals surface area contributed by atoms with Gasteiger partial charge < -0.3 is 9.52 Å². The predicted molar refractivity (Wildman–Crippen MR) is 37.0 cm³/mol. The topological polar surface area (TPSA) is 63.3 Å². The van der Waals surface area contributed by atoms with E-state index >= 15 is 0 Å². The highest BCUT2D eigenvalue weighted by molar-refractivity contribution is 5.69. The van der Waals surface area contributed by atoms with Gasteiger partial charge in [-0.15, -0.1) is 0 Å². The van der Waals surface area contributed by atoms with Crippen LogP contribution in [-0.2, 0) is 11.2 Å². The first kappa shape index (κ1) is 7.78. The smallest absolute Gasteiger partial charge is 0.306 e. The van der Waals surface area contributed by atoms with Crippen molar-refractivity contribution in [3.63, 3.8) is 0 Å². The van der Waals surface area contributed by atoms with Gasteiger partial charge in [-0.1, -0.05) is 6.92 Å². The number of carboxylic acids is 1. The molecule has 0 unspecified atom stereocenters. The van der Waals surface area contributed by atoms with Crippen LogP contribution < -0.4 is 0 Å². The molecule has 0 aliphatic carbocycles. The van der Waals surface area contributed by atoms with Crippen LogP contribution in [0.3, 0.4) is 0 Å². The van der Waals surface area contributed by atoms with Gasteiger partial charge in [-0.25, -0.2) is 4.98 Å². The minimum absolute atomic E-state index is 0.398. The van der Waals surface area contributed by atoms with E-state index < -0.39 is 11.9 Å². The molecule has 1 aromatic rings. The Morgan fingerprint density at radius 1 is 1.91 bits per heavy atom. The zero-order valence-electron chi connectivity index (χ0n) is 6.15. The molecule has 4 nitrogen and oxygen atoms in total. The van der Waals surface area contributed by atoms with Crippen molar-refractivity contribution in [1.29, 1.82) is 0 Å². The molecule has 1 aromatic heterocycles.